The van der Waals surface area contributed by atoms with Crippen molar-refractivity contribution in [2.45, 2.75) is 6.54 Å². The third-order valence-electron chi connectivity index (χ3n) is 2.34. The molecule has 2 aromatic rings. The van der Waals surface area contributed by atoms with Crippen LogP contribution in [0.5, 0.6) is 17.4 Å². The smallest absolute Gasteiger partial charge is 0.223 e. The van der Waals surface area contributed by atoms with Crippen molar-refractivity contribution in [2.75, 3.05) is 7.11 Å². The Morgan fingerprint density at radius 2 is 1.82 bits per heavy atom. The molecule has 2 N–H and O–H groups in total. The van der Waals surface area contributed by atoms with Crippen LogP contribution in [-0.4, -0.2) is 12.1 Å². The van der Waals surface area contributed by atoms with E-state index in [1.165, 1.54) is 0 Å². The van der Waals surface area contributed by atoms with Crippen LogP contribution in [0.25, 0.3) is 0 Å². The Labute approximate surface area is 100 Å². The number of aromatic nitrogens is 1. The number of hydrogen-bond acceptors (Lipinski definition) is 4. The molecule has 0 unspecified atom stereocenters. The van der Waals surface area contributed by atoms with Crippen molar-refractivity contribution in [1.82, 2.24) is 4.98 Å². The van der Waals surface area contributed by atoms with E-state index in [9.17, 15) is 0 Å². The SMILES string of the molecule is COc1ccc(Oc2ncccc2CN)cc1. The summed E-state index contributed by atoms with van der Waals surface area (Å²) in [4.78, 5) is 4.15. The Balaban J connectivity index is 2.19. The van der Waals surface area contributed by atoms with Crippen molar-refractivity contribution in [1.29, 1.82) is 0 Å². The molecule has 0 bridgehead atoms. The van der Waals surface area contributed by atoms with Gasteiger partial charge in [-0.05, 0) is 30.3 Å². The lowest BCUT2D eigenvalue weighted by atomic mass is 10.2. The quantitative estimate of drug-likeness (QED) is 0.875. The highest BCUT2D eigenvalue weighted by Crippen LogP contribution is 2.24. The van der Waals surface area contributed by atoms with Crippen molar-refractivity contribution in [3.05, 3.63) is 48.2 Å². The Morgan fingerprint density at radius 1 is 1.12 bits per heavy atom. The van der Waals surface area contributed by atoms with Crippen molar-refractivity contribution >= 4 is 0 Å². The van der Waals surface area contributed by atoms with Gasteiger partial charge in [-0.15, -0.1) is 0 Å². The van der Waals surface area contributed by atoms with Crippen molar-refractivity contribution in [2.24, 2.45) is 5.73 Å². The fourth-order valence-corrected chi connectivity index (χ4v) is 1.43. The minimum absolute atomic E-state index is 0.402. The largest absolute Gasteiger partial charge is 0.497 e. The van der Waals surface area contributed by atoms with E-state index in [1.807, 2.05) is 36.4 Å². The highest BCUT2D eigenvalue weighted by molar-refractivity contribution is 5.35. The highest BCUT2D eigenvalue weighted by Gasteiger charge is 2.04. The number of nitrogens with two attached hydrogens (primary N) is 1. The molecule has 0 amide bonds. The van der Waals surface area contributed by atoms with Crippen LogP contribution in [0, 0.1) is 0 Å². The van der Waals surface area contributed by atoms with Crippen LogP contribution in [0.4, 0.5) is 0 Å². The van der Waals surface area contributed by atoms with E-state index in [0.29, 0.717) is 18.2 Å². The number of hydrogen-bond donors (Lipinski definition) is 1. The number of benzene rings is 1. The minimum Gasteiger partial charge on any atom is -0.497 e. The molecule has 0 aliphatic carbocycles. The zero-order valence-electron chi connectivity index (χ0n) is 9.59. The summed E-state index contributed by atoms with van der Waals surface area (Å²) >= 11 is 0. The van der Waals surface area contributed by atoms with Gasteiger partial charge in [0, 0.05) is 18.3 Å². The average molecular weight is 230 g/mol. The molecule has 1 aromatic heterocycles. The molecule has 2 rings (SSSR count). The molecule has 0 saturated heterocycles. The molecule has 88 valence electrons. The lowest BCUT2D eigenvalue weighted by molar-refractivity contribution is 0.412. The van der Waals surface area contributed by atoms with E-state index in [4.69, 9.17) is 15.2 Å². The van der Waals surface area contributed by atoms with Gasteiger partial charge in [0.25, 0.3) is 0 Å². The predicted octanol–water partition coefficient (Wildman–Crippen LogP) is 2.34. The van der Waals surface area contributed by atoms with Crippen molar-refractivity contribution in [3.63, 3.8) is 0 Å². The monoisotopic (exact) mass is 230 g/mol. The molecule has 1 aromatic carbocycles. The summed E-state index contributed by atoms with van der Waals surface area (Å²) < 4.78 is 10.7. The minimum atomic E-state index is 0.402. The molecule has 4 nitrogen and oxygen atoms in total. The lowest BCUT2D eigenvalue weighted by Crippen LogP contribution is -2.00. The van der Waals surface area contributed by atoms with Gasteiger partial charge < -0.3 is 15.2 Å². The van der Waals surface area contributed by atoms with Crippen LogP contribution < -0.4 is 15.2 Å². The zero-order chi connectivity index (χ0) is 12.1. The van der Waals surface area contributed by atoms with Crippen LogP contribution in [0.15, 0.2) is 42.6 Å². The van der Waals surface area contributed by atoms with Crippen LogP contribution in [0.1, 0.15) is 5.56 Å². The van der Waals surface area contributed by atoms with Crippen molar-refractivity contribution in [3.8, 4) is 17.4 Å². The first-order valence-corrected chi connectivity index (χ1v) is 5.29. The van der Waals surface area contributed by atoms with Crippen LogP contribution in [0.3, 0.4) is 0 Å². The van der Waals surface area contributed by atoms with Crippen molar-refractivity contribution < 1.29 is 9.47 Å². The highest BCUT2D eigenvalue weighted by atomic mass is 16.5. The molecule has 0 saturated carbocycles. The van der Waals surface area contributed by atoms with Crippen LogP contribution in [-0.2, 0) is 6.54 Å². The molecule has 0 aliphatic heterocycles. The molecule has 17 heavy (non-hydrogen) atoms. The van der Waals surface area contributed by atoms with E-state index >= 15 is 0 Å². The molecule has 0 fully saturated rings. The number of rotatable bonds is 4. The summed E-state index contributed by atoms with van der Waals surface area (Å²) in [5, 5.41) is 0. The lowest BCUT2D eigenvalue weighted by Gasteiger charge is -2.08. The molecule has 0 atom stereocenters. The fraction of sp³-hybridized carbons (Fsp3) is 0.154. The van der Waals surface area contributed by atoms with Gasteiger partial charge in [0.15, 0.2) is 0 Å². The van der Waals surface area contributed by atoms with E-state index in [1.54, 1.807) is 13.3 Å². The Hall–Kier alpha value is -2.07. The fourth-order valence-electron chi connectivity index (χ4n) is 1.43. The van der Waals surface area contributed by atoms with E-state index in [-0.39, 0.29) is 0 Å². The number of ether oxygens (including phenoxy) is 2. The molecule has 0 spiro atoms. The first-order valence-electron chi connectivity index (χ1n) is 5.29. The van der Waals surface area contributed by atoms with E-state index in [2.05, 4.69) is 4.98 Å². The summed E-state index contributed by atoms with van der Waals surface area (Å²) in [5.74, 6) is 2.04. The standard InChI is InChI=1S/C13H14N2O2/c1-16-11-4-6-12(7-5-11)17-13-10(9-14)3-2-8-15-13/h2-8H,9,14H2,1H3. The number of pyridine rings is 1. The maximum absolute atomic E-state index is 5.65. The van der Waals surface area contributed by atoms with Gasteiger partial charge in [-0.1, -0.05) is 6.07 Å². The topological polar surface area (TPSA) is 57.4 Å². The van der Waals surface area contributed by atoms with Crippen LogP contribution in [0.2, 0.25) is 0 Å². The van der Waals surface area contributed by atoms with Gasteiger partial charge in [0.2, 0.25) is 5.88 Å². The maximum Gasteiger partial charge on any atom is 0.223 e. The van der Waals surface area contributed by atoms with E-state index in [0.717, 1.165) is 11.3 Å². The van der Waals surface area contributed by atoms with Gasteiger partial charge in [0.1, 0.15) is 11.5 Å². The summed E-state index contributed by atoms with van der Waals surface area (Å²) in [6, 6.07) is 11.1. The molecule has 4 heteroatoms. The third-order valence-corrected chi connectivity index (χ3v) is 2.34. The Bertz CT molecular complexity index is 483. The number of methoxy groups -OCH3 is 1. The normalized spacial score (nSPS) is 10.0. The predicted molar refractivity (Wildman–Crippen MR) is 65.2 cm³/mol. The second kappa shape index (κ2) is 5.32. The Kier molecular flexibility index (Phi) is 3.57. The molecule has 0 radical (unpaired) electrons. The average Bonchev–Trinajstić information content (AvgIpc) is 2.40. The van der Waals surface area contributed by atoms with Gasteiger partial charge in [-0.3, -0.25) is 0 Å². The molecular formula is C13H14N2O2. The maximum atomic E-state index is 5.65. The van der Waals surface area contributed by atoms with Gasteiger partial charge in [0.05, 0.1) is 7.11 Å². The first kappa shape index (κ1) is 11.4. The number of nitrogens with zero attached hydrogens (tertiary/aromatic N) is 1. The summed E-state index contributed by atoms with van der Waals surface area (Å²) in [6.07, 6.45) is 1.68. The summed E-state index contributed by atoms with van der Waals surface area (Å²) in [5.41, 5.74) is 6.49. The molecular weight excluding hydrogens is 216 g/mol. The zero-order valence-corrected chi connectivity index (χ0v) is 9.59. The van der Waals surface area contributed by atoms with Gasteiger partial charge in [-0.25, -0.2) is 4.98 Å². The third kappa shape index (κ3) is 2.73. The first-order chi connectivity index (χ1) is 8.33. The second-order valence-electron chi connectivity index (χ2n) is 3.45. The van der Waals surface area contributed by atoms with Crippen LogP contribution >= 0.6 is 0 Å². The molecule has 1 heterocycles. The van der Waals surface area contributed by atoms with E-state index < -0.39 is 0 Å². The summed E-state index contributed by atoms with van der Waals surface area (Å²) in [7, 11) is 1.63. The van der Waals surface area contributed by atoms with Gasteiger partial charge >= 0.3 is 0 Å². The Morgan fingerprint density at radius 3 is 2.47 bits per heavy atom. The second-order valence-corrected chi connectivity index (χ2v) is 3.45. The molecule has 0 aliphatic rings. The van der Waals surface area contributed by atoms with Gasteiger partial charge in [-0.2, -0.15) is 0 Å². The summed E-state index contributed by atoms with van der Waals surface area (Å²) in [6.45, 7) is 0.402.